The van der Waals surface area contributed by atoms with E-state index in [1.807, 2.05) is 31.2 Å². The highest BCUT2D eigenvalue weighted by atomic mass is 32.2. The summed E-state index contributed by atoms with van der Waals surface area (Å²) in [6.45, 7) is 2.08. The fourth-order valence-corrected chi connectivity index (χ4v) is 1.90. The standard InChI is InChI=1S/C13H18N2O2S/c1-10-4-6-11(7-5-10)18-9-12(16)14-8-13(17)15(2)3/h4-7H,8-9H2,1-3H3,(H,14,16). The van der Waals surface area contributed by atoms with Gasteiger partial charge in [0.15, 0.2) is 0 Å². The molecule has 0 saturated carbocycles. The predicted molar refractivity (Wildman–Crippen MR) is 73.6 cm³/mol. The summed E-state index contributed by atoms with van der Waals surface area (Å²) >= 11 is 1.46. The molecule has 0 aromatic heterocycles. The third kappa shape index (κ3) is 5.23. The summed E-state index contributed by atoms with van der Waals surface area (Å²) in [5.41, 5.74) is 1.19. The first-order valence-corrected chi connectivity index (χ1v) is 6.64. The number of amides is 2. The molecule has 0 fully saturated rings. The molecule has 0 heterocycles. The van der Waals surface area contributed by atoms with Gasteiger partial charge in [0.1, 0.15) is 0 Å². The summed E-state index contributed by atoms with van der Waals surface area (Å²) in [4.78, 5) is 25.3. The zero-order valence-corrected chi connectivity index (χ0v) is 11.7. The van der Waals surface area contributed by atoms with Crippen molar-refractivity contribution >= 4 is 23.6 Å². The molecule has 2 amide bonds. The first-order chi connectivity index (χ1) is 8.49. The molecule has 1 N–H and O–H groups in total. The highest BCUT2D eigenvalue weighted by molar-refractivity contribution is 8.00. The van der Waals surface area contributed by atoms with Crippen LogP contribution in [-0.4, -0.2) is 43.1 Å². The van der Waals surface area contributed by atoms with Gasteiger partial charge < -0.3 is 10.2 Å². The van der Waals surface area contributed by atoms with Gasteiger partial charge in [-0.25, -0.2) is 0 Å². The second-order valence-corrected chi connectivity index (χ2v) is 5.22. The molecule has 0 saturated heterocycles. The second-order valence-electron chi connectivity index (χ2n) is 4.17. The average molecular weight is 266 g/mol. The summed E-state index contributed by atoms with van der Waals surface area (Å²) in [5, 5.41) is 2.59. The Kier molecular flexibility index (Phi) is 5.71. The maximum absolute atomic E-state index is 11.5. The number of nitrogens with zero attached hydrogens (tertiary/aromatic N) is 1. The summed E-state index contributed by atoms with van der Waals surface area (Å²) in [7, 11) is 3.32. The predicted octanol–water partition coefficient (Wildman–Crippen LogP) is 1.29. The van der Waals surface area contributed by atoms with Crippen molar-refractivity contribution in [2.75, 3.05) is 26.4 Å². The third-order valence-corrected chi connectivity index (χ3v) is 3.34. The molecule has 98 valence electrons. The zero-order valence-electron chi connectivity index (χ0n) is 10.9. The fourth-order valence-electron chi connectivity index (χ4n) is 1.17. The van der Waals surface area contributed by atoms with Crippen LogP contribution in [0.1, 0.15) is 5.56 Å². The number of rotatable bonds is 5. The lowest BCUT2D eigenvalue weighted by molar-refractivity contribution is -0.130. The monoisotopic (exact) mass is 266 g/mol. The van der Waals surface area contributed by atoms with Crippen LogP contribution in [-0.2, 0) is 9.59 Å². The van der Waals surface area contributed by atoms with Crippen LogP contribution in [0.5, 0.6) is 0 Å². The molecule has 5 heteroatoms. The van der Waals surface area contributed by atoms with E-state index in [1.54, 1.807) is 14.1 Å². The number of likely N-dealkylation sites (N-methyl/N-ethyl adjacent to an activating group) is 1. The number of hydrogen-bond acceptors (Lipinski definition) is 3. The quantitative estimate of drug-likeness (QED) is 0.817. The van der Waals surface area contributed by atoms with Crippen LogP contribution in [0.3, 0.4) is 0 Å². The highest BCUT2D eigenvalue weighted by Crippen LogP contribution is 2.17. The molecule has 4 nitrogen and oxygen atoms in total. The topological polar surface area (TPSA) is 49.4 Å². The van der Waals surface area contributed by atoms with Crippen molar-refractivity contribution < 1.29 is 9.59 Å². The number of nitrogens with one attached hydrogen (secondary N) is 1. The molecule has 18 heavy (non-hydrogen) atoms. The molecule has 0 aliphatic carbocycles. The van der Waals surface area contributed by atoms with E-state index in [1.165, 1.54) is 22.2 Å². The minimum atomic E-state index is -0.129. The molecule has 0 radical (unpaired) electrons. The molecule has 0 atom stereocenters. The minimum absolute atomic E-state index is 0.0558. The van der Waals surface area contributed by atoms with Gasteiger partial charge in [0, 0.05) is 19.0 Å². The highest BCUT2D eigenvalue weighted by Gasteiger charge is 2.07. The molecule has 0 aliphatic heterocycles. The normalized spacial score (nSPS) is 9.94. The number of thioether (sulfide) groups is 1. The first-order valence-electron chi connectivity index (χ1n) is 5.65. The van der Waals surface area contributed by atoms with Crippen molar-refractivity contribution in [3.05, 3.63) is 29.8 Å². The number of carbonyl (C=O) groups excluding carboxylic acids is 2. The van der Waals surface area contributed by atoms with E-state index in [2.05, 4.69) is 5.32 Å². The smallest absolute Gasteiger partial charge is 0.241 e. The third-order valence-electron chi connectivity index (χ3n) is 2.33. The zero-order chi connectivity index (χ0) is 13.5. The molecule has 0 aliphatic rings. The first kappa shape index (κ1) is 14.6. The van der Waals surface area contributed by atoms with Crippen molar-refractivity contribution in [1.29, 1.82) is 0 Å². The number of aryl methyl sites for hydroxylation is 1. The number of hydrogen-bond donors (Lipinski definition) is 1. The van der Waals surface area contributed by atoms with Gasteiger partial charge in [-0.3, -0.25) is 9.59 Å². The van der Waals surface area contributed by atoms with Crippen LogP contribution in [0, 0.1) is 6.92 Å². The Morgan fingerprint density at radius 1 is 1.22 bits per heavy atom. The van der Waals surface area contributed by atoms with E-state index in [4.69, 9.17) is 0 Å². The summed E-state index contributed by atoms with van der Waals surface area (Å²) in [6, 6.07) is 7.99. The van der Waals surface area contributed by atoms with E-state index in [0.29, 0.717) is 5.75 Å². The van der Waals surface area contributed by atoms with E-state index < -0.39 is 0 Å². The van der Waals surface area contributed by atoms with E-state index in [9.17, 15) is 9.59 Å². The van der Waals surface area contributed by atoms with Crippen LogP contribution >= 0.6 is 11.8 Å². The van der Waals surface area contributed by atoms with Crippen molar-refractivity contribution in [3.8, 4) is 0 Å². The molecule has 0 unspecified atom stereocenters. The van der Waals surface area contributed by atoms with Gasteiger partial charge in [0.2, 0.25) is 11.8 Å². The van der Waals surface area contributed by atoms with Gasteiger partial charge in [-0.15, -0.1) is 11.8 Å². The van der Waals surface area contributed by atoms with Crippen LogP contribution in [0.25, 0.3) is 0 Å². The maximum atomic E-state index is 11.5. The molecule has 0 spiro atoms. The van der Waals surface area contributed by atoms with Crippen molar-refractivity contribution in [3.63, 3.8) is 0 Å². The molecule has 1 aromatic rings. The lowest BCUT2D eigenvalue weighted by Gasteiger charge is -2.10. The number of benzene rings is 1. The molecule has 0 bridgehead atoms. The Bertz CT molecular complexity index is 416. The summed E-state index contributed by atoms with van der Waals surface area (Å²) < 4.78 is 0. The molecule has 1 rings (SSSR count). The Labute approximate surface area is 112 Å². The molecule has 1 aromatic carbocycles. The largest absolute Gasteiger partial charge is 0.347 e. The Morgan fingerprint density at radius 2 is 1.83 bits per heavy atom. The van der Waals surface area contributed by atoms with Crippen LogP contribution < -0.4 is 5.32 Å². The summed E-state index contributed by atoms with van der Waals surface area (Å²) in [6.07, 6.45) is 0. The lowest BCUT2D eigenvalue weighted by atomic mass is 10.2. The van der Waals surface area contributed by atoms with E-state index >= 15 is 0 Å². The number of carbonyl (C=O) groups is 2. The molecular formula is C13H18N2O2S. The minimum Gasteiger partial charge on any atom is -0.347 e. The Balaban J connectivity index is 2.29. The fraction of sp³-hybridized carbons (Fsp3) is 0.385. The van der Waals surface area contributed by atoms with Crippen LogP contribution in [0.2, 0.25) is 0 Å². The van der Waals surface area contributed by atoms with Crippen molar-refractivity contribution in [1.82, 2.24) is 10.2 Å². The van der Waals surface area contributed by atoms with Gasteiger partial charge in [-0.2, -0.15) is 0 Å². The Morgan fingerprint density at radius 3 is 2.39 bits per heavy atom. The van der Waals surface area contributed by atoms with Gasteiger partial charge >= 0.3 is 0 Å². The van der Waals surface area contributed by atoms with E-state index in [0.717, 1.165) is 4.90 Å². The van der Waals surface area contributed by atoms with Crippen LogP contribution in [0.15, 0.2) is 29.2 Å². The van der Waals surface area contributed by atoms with Gasteiger partial charge in [-0.05, 0) is 19.1 Å². The van der Waals surface area contributed by atoms with Crippen molar-refractivity contribution in [2.45, 2.75) is 11.8 Å². The van der Waals surface area contributed by atoms with Crippen molar-refractivity contribution in [2.24, 2.45) is 0 Å². The SMILES string of the molecule is Cc1ccc(SCC(=O)NCC(=O)N(C)C)cc1. The van der Waals surface area contributed by atoms with Gasteiger partial charge in [-0.1, -0.05) is 17.7 Å². The summed E-state index contributed by atoms with van der Waals surface area (Å²) in [5.74, 6) is 0.0866. The maximum Gasteiger partial charge on any atom is 0.241 e. The Hall–Kier alpha value is -1.49. The van der Waals surface area contributed by atoms with Gasteiger partial charge in [0.05, 0.1) is 12.3 Å². The molecular weight excluding hydrogens is 248 g/mol. The average Bonchev–Trinajstić information content (AvgIpc) is 2.35. The van der Waals surface area contributed by atoms with E-state index in [-0.39, 0.29) is 18.4 Å². The lowest BCUT2D eigenvalue weighted by Crippen LogP contribution is -2.36. The van der Waals surface area contributed by atoms with Crippen LogP contribution in [0.4, 0.5) is 0 Å². The second kappa shape index (κ2) is 7.06. The van der Waals surface area contributed by atoms with Gasteiger partial charge in [0.25, 0.3) is 0 Å².